The van der Waals surface area contributed by atoms with Crippen LogP contribution >= 0.6 is 0 Å². The molecule has 0 aliphatic heterocycles. The number of aliphatic hydroxyl groups excluding tert-OH is 2. The predicted octanol–water partition coefficient (Wildman–Crippen LogP) is 3.55. The van der Waals surface area contributed by atoms with Gasteiger partial charge in [-0.3, -0.25) is 4.79 Å². The minimum atomic E-state index is -0.356. The van der Waals surface area contributed by atoms with Crippen molar-refractivity contribution in [1.82, 2.24) is 0 Å². The summed E-state index contributed by atoms with van der Waals surface area (Å²) in [4.78, 5) is 11.7. The summed E-state index contributed by atoms with van der Waals surface area (Å²) in [6, 6.07) is 0. The second-order valence-electron chi connectivity index (χ2n) is 8.66. The standard InChI is InChI=1S/C21H30O3/c1-21-10-8-16-15-5-3-14(23)12-13(15)2-4-17(16)18(21)6-7-19(21)20(24)9-11-22/h12,17-20,22,24H,2-11H2,1H3/t17-,18+,19?,20?,21-/m1/s1. The van der Waals surface area contributed by atoms with Crippen LogP contribution in [0.25, 0.3) is 0 Å². The molecule has 4 aliphatic carbocycles. The number of allylic oxidation sites excluding steroid dienone is 4. The van der Waals surface area contributed by atoms with Gasteiger partial charge in [-0.05, 0) is 91.8 Å². The zero-order chi connectivity index (χ0) is 16.9. The van der Waals surface area contributed by atoms with Gasteiger partial charge < -0.3 is 10.2 Å². The molecular weight excluding hydrogens is 300 g/mol. The highest BCUT2D eigenvalue weighted by Gasteiger charge is 2.54. The van der Waals surface area contributed by atoms with Crippen LogP contribution in [0.15, 0.2) is 22.8 Å². The summed E-state index contributed by atoms with van der Waals surface area (Å²) in [5.41, 5.74) is 4.72. The first kappa shape index (κ1) is 16.5. The zero-order valence-corrected chi connectivity index (χ0v) is 14.8. The summed E-state index contributed by atoms with van der Waals surface area (Å²) in [5, 5.41) is 19.8. The van der Waals surface area contributed by atoms with Crippen molar-refractivity contribution in [2.45, 2.75) is 70.8 Å². The summed E-state index contributed by atoms with van der Waals surface area (Å²) in [7, 11) is 0. The number of hydrogen-bond acceptors (Lipinski definition) is 3. The van der Waals surface area contributed by atoms with E-state index in [0.29, 0.717) is 36.4 Å². The molecule has 5 atom stereocenters. The lowest BCUT2D eigenvalue weighted by Crippen LogP contribution is -2.43. The Labute approximate surface area is 144 Å². The molecule has 0 amide bonds. The van der Waals surface area contributed by atoms with E-state index in [2.05, 4.69) is 6.92 Å². The largest absolute Gasteiger partial charge is 0.396 e. The summed E-state index contributed by atoms with van der Waals surface area (Å²) in [6.45, 7) is 2.48. The fourth-order valence-electron chi connectivity index (χ4n) is 6.54. The van der Waals surface area contributed by atoms with Gasteiger partial charge in [-0.2, -0.15) is 0 Å². The van der Waals surface area contributed by atoms with Crippen LogP contribution in [0.3, 0.4) is 0 Å². The quantitative estimate of drug-likeness (QED) is 0.832. The second kappa shape index (κ2) is 6.10. The molecule has 4 aliphatic rings. The van der Waals surface area contributed by atoms with Gasteiger partial charge in [0.05, 0.1) is 6.10 Å². The van der Waals surface area contributed by atoms with Crippen LogP contribution in [0.1, 0.15) is 64.7 Å². The Morgan fingerprint density at radius 2 is 2.04 bits per heavy atom. The molecule has 3 nitrogen and oxygen atoms in total. The molecule has 2 unspecified atom stereocenters. The van der Waals surface area contributed by atoms with Crippen LogP contribution in [-0.2, 0) is 4.79 Å². The van der Waals surface area contributed by atoms with Crippen molar-refractivity contribution in [3.8, 4) is 0 Å². The lowest BCUT2D eigenvalue weighted by atomic mass is 9.55. The van der Waals surface area contributed by atoms with Gasteiger partial charge in [0.15, 0.2) is 5.78 Å². The molecule has 0 aromatic heterocycles. The number of carbonyl (C=O) groups excluding carboxylic acids is 1. The molecule has 2 N–H and O–H groups in total. The highest BCUT2D eigenvalue weighted by atomic mass is 16.3. The molecule has 0 saturated heterocycles. The van der Waals surface area contributed by atoms with Gasteiger partial charge in [0, 0.05) is 13.0 Å². The number of carbonyl (C=O) groups is 1. The third-order valence-electron chi connectivity index (χ3n) is 7.69. The number of fused-ring (bicyclic) bond motifs is 4. The molecular formula is C21H30O3. The molecule has 4 rings (SSSR count). The van der Waals surface area contributed by atoms with Crippen LogP contribution in [0.5, 0.6) is 0 Å². The molecule has 0 aromatic rings. The molecule has 0 spiro atoms. The molecule has 3 heteroatoms. The summed E-state index contributed by atoms with van der Waals surface area (Å²) >= 11 is 0. The number of ketones is 1. The Hall–Kier alpha value is -0.930. The topological polar surface area (TPSA) is 57.5 Å². The first-order valence-electron chi connectivity index (χ1n) is 9.79. The summed E-state index contributed by atoms with van der Waals surface area (Å²) in [6.07, 6.45) is 10.6. The van der Waals surface area contributed by atoms with E-state index in [1.165, 1.54) is 24.0 Å². The van der Waals surface area contributed by atoms with Gasteiger partial charge in [0.2, 0.25) is 0 Å². The Balaban J connectivity index is 1.63. The van der Waals surface area contributed by atoms with Crippen molar-refractivity contribution in [3.63, 3.8) is 0 Å². The fraction of sp³-hybridized carbons (Fsp3) is 0.762. The maximum Gasteiger partial charge on any atom is 0.156 e. The molecule has 0 bridgehead atoms. The van der Waals surface area contributed by atoms with Gasteiger partial charge in [-0.1, -0.05) is 12.5 Å². The van der Waals surface area contributed by atoms with Crippen molar-refractivity contribution in [3.05, 3.63) is 22.8 Å². The van der Waals surface area contributed by atoms with Crippen molar-refractivity contribution in [2.24, 2.45) is 23.2 Å². The number of rotatable bonds is 3. The van der Waals surface area contributed by atoms with Crippen LogP contribution < -0.4 is 0 Å². The van der Waals surface area contributed by atoms with Crippen LogP contribution in [0.2, 0.25) is 0 Å². The Morgan fingerprint density at radius 3 is 2.83 bits per heavy atom. The van der Waals surface area contributed by atoms with Crippen molar-refractivity contribution in [1.29, 1.82) is 0 Å². The molecule has 0 aromatic carbocycles. The van der Waals surface area contributed by atoms with E-state index in [-0.39, 0.29) is 18.1 Å². The number of hydrogen-bond donors (Lipinski definition) is 2. The molecule has 0 heterocycles. The SMILES string of the molecule is C[C@@]12CCC3=C4CCC(=O)C=C4CC[C@H]3[C@@H]1CCC2C(O)CCO. The van der Waals surface area contributed by atoms with E-state index in [1.54, 1.807) is 5.57 Å². The number of aliphatic hydroxyl groups is 2. The maximum absolute atomic E-state index is 11.7. The summed E-state index contributed by atoms with van der Waals surface area (Å²) in [5.74, 6) is 1.98. The van der Waals surface area contributed by atoms with E-state index in [0.717, 1.165) is 32.1 Å². The normalized spacial score (nSPS) is 39.9. The van der Waals surface area contributed by atoms with E-state index >= 15 is 0 Å². The Bertz CT molecular complexity index is 602. The van der Waals surface area contributed by atoms with Crippen LogP contribution in [0, 0.1) is 23.2 Å². The minimum Gasteiger partial charge on any atom is -0.396 e. The van der Waals surface area contributed by atoms with Gasteiger partial charge in [0.25, 0.3) is 0 Å². The second-order valence-corrected chi connectivity index (χ2v) is 8.66. The third-order valence-corrected chi connectivity index (χ3v) is 7.69. The van der Waals surface area contributed by atoms with Crippen molar-refractivity contribution >= 4 is 5.78 Å². The third kappa shape index (κ3) is 2.43. The van der Waals surface area contributed by atoms with Crippen molar-refractivity contribution in [2.75, 3.05) is 6.61 Å². The van der Waals surface area contributed by atoms with Crippen LogP contribution in [0.4, 0.5) is 0 Å². The molecule has 24 heavy (non-hydrogen) atoms. The average Bonchev–Trinajstić information content (AvgIpc) is 2.92. The van der Waals surface area contributed by atoms with E-state index in [9.17, 15) is 15.0 Å². The lowest BCUT2D eigenvalue weighted by molar-refractivity contribution is -0.114. The smallest absolute Gasteiger partial charge is 0.156 e. The van der Waals surface area contributed by atoms with Crippen LogP contribution in [-0.4, -0.2) is 28.7 Å². The predicted molar refractivity (Wildman–Crippen MR) is 93.3 cm³/mol. The fourth-order valence-corrected chi connectivity index (χ4v) is 6.54. The highest BCUT2D eigenvalue weighted by Crippen LogP contribution is 2.62. The molecule has 132 valence electrons. The Morgan fingerprint density at radius 1 is 1.21 bits per heavy atom. The van der Waals surface area contributed by atoms with E-state index in [4.69, 9.17) is 0 Å². The van der Waals surface area contributed by atoms with Gasteiger partial charge in [-0.25, -0.2) is 0 Å². The average molecular weight is 330 g/mol. The van der Waals surface area contributed by atoms with Gasteiger partial charge >= 0.3 is 0 Å². The first-order valence-corrected chi connectivity index (χ1v) is 9.79. The van der Waals surface area contributed by atoms with E-state index in [1.807, 2.05) is 6.08 Å². The van der Waals surface area contributed by atoms with Crippen molar-refractivity contribution < 1.29 is 15.0 Å². The maximum atomic E-state index is 11.7. The van der Waals surface area contributed by atoms with E-state index < -0.39 is 0 Å². The monoisotopic (exact) mass is 330 g/mol. The van der Waals surface area contributed by atoms with Gasteiger partial charge in [-0.15, -0.1) is 0 Å². The van der Waals surface area contributed by atoms with Gasteiger partial charge in [0.1, 0.15) is 0 Å². The zero-order valence-electron chi connectivity index (χ0n) is 14.8. The minimum absolute atomic E-state index is 0.0827. The molecule has 2 fully saturated rings. The lowest BCUT2D eigenvalue weighted by Gasteiger charge is -2.50. The Kier molecular flexibility index (Phi) is 4.20. The molecule has 2 saturated carbocycles. The first-order chi connectivity index (χ1) is 11.5. The summed E-state index contributed by atoms with van der Waals surface area (Å²) < 4.78 is 0. The highest BCUT2D eigenvalue weighted by molar-refractivity contribution is 5.93. The molecule has 0 radical (unpaired) electrons.